The zero-order valence-corrected chi connectivity index (χ0v) is 12.1. The minimum Gasteiger partial charge on any atom is -0.304 e. The second-order valence-corrected chi connectivity index (χ2v) is 6.96. The Bertz CT molecular complexity index is 391. The van der Waals surface area contributed by atoms with E-state index in [1.807, 2.05) is 6.92 Å². The molecule has 1 amide bonds. The Hall–Kier alpha value is -0.770. The Balaban J connectivity index is 2.02. The molecule has 1 heterocycles. The molecule has 1 aliphatic heterocycles. The van der Waals surface area contributed by atoms with Gasteiger partial charge in [0.2, 0.25) is 5.91 Å². The molecule has 0 aromatic heterocycles. The monoisotopic (exact) mass is 266 g/mol. The highest BCUT2D eigenvalue weighted by molar-refractivity contribution is 8.16. The quantitative estimate of drug-likeness (QED) is 0.797. The van der Waals surface area contributed by atoms with Crippen molar-refractivity contribution in [2.45, 2.75) is 63.2 Å². The van der Waals surface area contributed by atoms with E-state index in [2.05, 4.69) is 18.8 Å². The van der Waals surface area contributed by atoms with Crippen molar-refractivity contribution in [2.75, 3.05) is 0 Å². The number of aliphatic imine (C=N–C) groups is 1. The highest BCUT2D eigenvalue weighted by atomic mass is 32.2. The molecule has 2 atom stereocenters. The van der Waals surface area contributed by atoms with Gasteiger partial charge in [0.15, 0.2) is 5.17 Å². The first-order valence-electron chi connectivity index (χ1n) is 6.78. The fourth-order valence-electron chi connectivity index (χ4n) is 2.62. The van der Waals surface area contributed by atoms with E-state index in [1.54, 1.807) is 11.8 Å². The number of nitrogens with one attached hydrogen (secondary N) is 1. The highest BCUT2D eigenvalue weighted by Gasteiger charge is 2.41. The van der Waals surface area contributed by atoms with Gasteiger partial charge in [-0.15, -0.1) is 0 Å². The van der Waals surface area contributed by atoms with Crippen LogP contribution in [0, 0.1) is 0 Å². The van der Waals surface area contributed by atoms with Crippen LogP contribution in [-0.4, -0.2) is 21.9 Å². The predicted octanol–water partition coefficient (Wildman–Crippen LogP) is 3.26. The van der Waals surface area contributed by atoms with E-state index in [9.17, 15) is 4.79 Å². The van der Waals surface area contributed by atoms with Crippen molar-refractivity contribution in [3.05, 3.63) is 12.2 Å². The van der Waals surface area contributed by atoms with Crippen molar-refractivity contribution in [3.8, 4) is 0 Å². The minimum absolute atomic E-state index is 0.114. The molecule has 4 heteroatoms. The summed E-state index contributed by atoms with van der Waals surface area (Å²) in [6.07, 6.45) is 6.32. The molecule has 1 saturated carbocycles. The van der Waals surface area contributed by atoms with Gasteiger partial charge in [0.05, 0.1) is 10.8 Å². The number of thioether (sulfide) groups is 1. The first-order chi connectivity index (χ1) is 8.53. The molecule has 0 radical (unpaired) electrons. The van der Waals surface area contributed by atoms with Gasteiger partial charge in [-0.05, 0) is 39.0 Å². The molecule has 100 valence electrons. The average molecular weight is 266 g/mol. The average Bonchev–Trinajstić information content (AvgIpc) is 2.54. The van der Waals surface area contributed by atoms with Crippen LogP contribution < -0.4 is 5.32 Å². The number of hydrogen-bond acceptors (Lipinski definition) is 3. The van der Waals surface area contributed by atoms with Gasteiger partial charge in [0, 0.05) is 0 Å². The number of amides is 1. The molecule has 1 N–H and O–H groups in total. The van der Waals surface area contributed by atoms with Crippen LogP contribution in [0.15, 0.2) is 17.1 Å². The predicted molar refractivity (Wildman–Crippen MR) is 77.9 cm³/mol. The maximum absolute atomic E-state index is 12.0. The van der Waals surface area contributed by atoms with Gasteiger partial charge in [0.25, 0.3) is 0 Å². The van der Waals surface area contributed by atoms with E-state index in [4.69, 9.17) is 4.99 Å². The number of carbonyl (C=O) groups is 1. The van der Waals surface area contributed by atoms with E-state index in [0.29, 0.717) is 6.04 Å². The summed E-state index contributed by atoms with van der Waals surface area (Å²) in [4.78, 5) is 16.7. The summed E-state index contributed by atoms with van der Waals surface area (Å²) >= 11 is 1.60. The first-order valence-corrected chi connectivity index (χ1v) is 7.60. The largest absolute Gasteiger partial charge is 0.304 e. The molecule has 1 saturated heterocycles. The fourth-order valence-corrected chi connectivity index (χ4v) is 3.84. The second-order valence-electron chi connectivity index (χ2n) is 5.47. The second kappa shape index (κ2) is 5.47. The Kier molecular flexibility index (Phi) is 4.15. The van der Waals surface area contributed by atoms with Gasteiger partial charge in [-0.2, -0.15) is 0 Å². The van der Waals surface area contributed by atoms with Crippen molar-refractivity contribution in [3.63, 3.8) is 0 Å². The molecule has 1 aliphatic carbocycles. The molecule has 18 heavy (non-hydrogen) atoms. The first kappa shape index (κ1) is 13.7. The number of carbonyl (C=O) groups excluding carboxylic acids is 1. The van der Waals surface area contributed by atoms with Crippen molar-refractivity contribution in [2.24, 2.45) is 4.99 Å². The molecular weight excluding hydrogens is 244 g/mol. The number of nitrogens with zero attached hydrogens (tertiary/aromatic N) is 1. The lowest BCUT2D eigenvalue weighted by molar-refractivity contribution is -0.121. The standard InChI is InChI=1S/C14H22N2OS/c1-4-8-14(3)12(17)16-13(18-14)15-11-7-5-6-10(2)9-11/h11H,2,4-9H2,1,3H3,(H,15,16,17)/t11-,14?/m0/s1. The summed E-state index contributed by atoms with van der Waals surface area (Å²) in [5.41, 5.74) is 1.29. The van der Waals surface area contributed by atoms with Crippen LogP contribution in [0.4, 0.5) is 0 Å². The van der Waals surface area contributed by atoms with Crippen LogP contribution in [0.3, 0.4) is 0 Å². The van der Waals surface area contributed by atoms with Crippen LogP contribution in [0.5, 0.6) is 0 Å². The Morgan fingerprint density at radius 3 is 3.06 bits per heavy atom. The maximum Gasteiger partial charge on any atom is 0.242 e. The summed E-state index contributed by atoms with van der Waals surface area (Å²) in [6, 6.07) is 0.318. The molecule has 2 rings (SSSR count). The lowest BCUT2D eigenvalue weighted by Crippen LogP contribution is -2.33. The van der Waals surface area contributed by atoms with Crippen molar-refractivity contribution in [1.82, 2.24) is 5.32 Å². The van der Waals surface area contributed by atoms with Crippen LogP contribution in [0.2, 0.25) is 0 Å². The zero-order valence-electron chi connectivity index (χ0n) is 11.3. The summed E-state index contributed by atoms with van der Waals surface area (Å²) in [5.74, 6) is 0.114. The summed E-state index contributed by atoms with van der Waals surface area (Å²) in [7, 11) is 0. The summed E-state index contributed by atoms with van der Waals surface area (Å²) in [6.45, 7) is 8.17. The number of hydrogen-bond donors (Lipinski definition) is 1. The fraction of sp³-hybridized carbons (Fsp3) is 0.714. The molecule has 0 spiro atoms. The van der Waals surface area contributed by atoms with E-state index < -0.39 is 0 Å². The highest BCUT2D eigenvalue weighted by Crippen LogP contribution is 2.36. The lowest BCUT2D eigenvalue weighted by Gasteiger charge is -2.20. The summed E-state index contributed by atoms with van der Waals surface area (Å²) in [5, 5.41) is 3.75. The van der Waals surface area contributed by atoms with Crippen molar-refractivity contribution < 1.29 is 4.79 Å². The zero-order chi connectivity index (χ0) is 13.2. The van der Waals surface area contributed by atoms with Crippen molar-refractivity contribution >= 4 is 22.8 Å². The molecule has 2 aliphatic rings. The van der Waals surface area contributed by atoms with Crippen LogP contribution in [-0.2, 0) is 4.79 Å². The molecule has 0 aromatic rings. The molecule has 0 aromatic carbocycles. The Labute approximate surface area is 114 Å². The molecule has 2 fully saturated rings. The SMILES string of the molecule is C=C1CCC[C@H](N=C2NC(=O)C(C)(CCC)S2)C1. The topological polar surface area (TPSA) is 41.5 Å². The van der Waals surface area contributed by atoms with Gasteiger partial charge in [-0.1, -0.05) is 37.3 Å². The Morgan fingerprint density at radius 2 is 2.39 bits per heavy atom. The molecule has 0 bridgehead atoms. The van der Waals surface area contributed by atoms with Crippen LogP contribution in [0.1, 0.15) is 52.4 Å². The third-order valence-corrected chi connectivity index (χ3v) is 4.88. The van der Waals surface area contributed by atoms with E-state index in [1.165, 1.54) is 12.0 Å². The number of rotatable bonds is 3. The van der Waals surface area contributed by atoms with E-state index >= 15 is 0 Å². The smallest absolute Gasteiger partial charge is 0.242 e. The number of amidine groups is 1. The van der Waals surface area contributed by atoms with E-state index in [0.717, 1.165) is 37.3 Å². The summed E-state index contributed by atoms with van der Waals surface area (Å²) < 4.78 is -0.320. The molecular formula is C14H22N2OS. The van der Waals surface area contributed by atoms with E-state index in [-0.39, 0.29) is 10.7 Å². The van der Waals surface area contributed by atoms with Crippen LogP contribution >= 0.6 is 11.8 Å². The molecule has 3 nitrogen and oxygen atoms in total. The minimum atomic E-state index is -0.320. The normalized spacial score (nSPS) is 35.0. The van der Waals surface area contributed by atoms with Crippen molar-refractivity contribution in [1.29, 1.82) is 0 Å². The Morgan fingerprint density at radius 1 is 1.61 bits per heavy atom. The van der Waals surface area contributed by atoms with Gasteiger partial charge in [0.1, 0.15) is 0 Å². The van der Waals surface area contributed by atoms with Gasteiger partial charge < -0.3 is 5.32 Å². The van der Waals surface area contributed by atoms with Gasteiger partial charge >= 0.3 is 0 Å². The maximum atomic E-state index is 12.0. The van der Waals surface area contributed by atoms with Gasteiger partial charge in [-0.3, -0.25) is 9.79 Å². The molecule has 1 unspecified atom stereocenters. The van der Waals surface area contributed by atoms with Gasteiger partial charge in [-0.25, -0.2) is 0 Å². The third kappa shape index (κ3) is 2.97. The van der Waals surface area contributed by atoms with Crippen LogP contribution in [0.25, 0.3) is 0 Å². The lowest BCUT2D eigenvalue weighted by atomic mass is 9.92. The third-order valence-electron chi connectivity index (χ3n) is 3.64.